The van der Waals surface area contributed by atoms with Crippen molar-refractivity contribution in [2.45, 2.75) is 84.0 Å². The minimum Gasteiger partial charge on any atom is -0.366 e. The fraction of sp³-hybridized carbons (Fsp3) is 0.591. The maximum atomic E-state index is 11.9. The lowest BCUT2D eigenvalue weighted by molar-refractivity contribution is -0.119. The summed E-state index contributed by atoms with van der Waals surface area (Å²) in [6, 6.07) is 6.62. The van der Waals surface area contributed by atoms with E-state index in [-0.39, 0.29) is 11.0 Å². The van der Waals surface area contributed by atoms with Gasteiger partial charge in [-0.1, -0.05) is 71.1 Å². The summed E-state index contributed by atoms with van der Waals surface area (Å²) < 4.78 is 0. The van der Waals surface area contributed by atoms with Gasteiger partial charge in [0.05, 0.1) is 0 Å². The van der Waals surface area contributed by atoms with E-state index in [1.54, 1.807) is 24.3 Å². The van der Waals surface area contributed by atoms with Crippen LogP contribution in [-0.2, 0) is 4.79 Å². The number of primary amides is 1. The van der Waals surface area contributed by atoms with Crippen LogP contribution in [0.3, 0.4) is 0 Å². The van der Waals surface area contributed by atoms with Gasteiger partial charge in [0.15, 0.2) is 5.11 Å². The van der Waals surface area contributed by atoms with Crippen molar-refractivity contribution < 1.29 is 9.59 Å². The molecule has 0 bridgehead atoms. The van der Waals surface area contributed by atoms with E-state index in [2.05, 4.69) is 17.6 Å². The molecule has 0 atom stereocenters. The molecule has 0 heterocycles. The van der Waals surface area contributed by atoms with Crippen LogP contribution >= 0.6 is 12.2 Å². The predicted molar refractivity (Wildman–Crippen MR) is 120 cm³/mol. The van der Waals surface area contributed by atoms with Crippen LogP contribution in [0, 0.1) is 0 Å². The maximum absolute atomic E-state index is 11.9. The van der Waals surface area contributed by atoms with E-state index >= 15 is 0 Å². The molecule has 156 valence electrons. The minimum absolute atomic E-state index is 0.0674. The maximum Gasteiger partial charge on any atom is 0.248 e. The summed E-state index contributed by atoms with van der Waals surface area (Å²) in [4.78, 5) is 23.0. The van der Waals surface area contributed by atoms with Gasteiger partial charge in [-0.3, -0.25) is 9.59 Å². The fourth-order valence-corrected chi connectivity index (χ4v) is 3.25. The first kappa shape index (κ1) is 24.1. The van der Waals surface area contributed by atoms with Gasteiger partial charge in [0.2, 0.25) is 11.8 Å². The van der Waals surface area contributed by atoms with Gasteiger partial charge in [0.1, 0.15) is 0 Å². The van der Waals surface area contributed by atoms with Crippen molar-refractivity contribution in [1.29, 1.82) is 0 Å². The molecule has 6 heteroatoms. The predicted octanol–water partition coefficient (Wildman–Crippen LogP) is 5.30. The number of anilines is 1. The Labute approximate surface area is 174 Å². The smallest absolute Gasteiger partial charge is 0.248 e. The molecular weight excluding hydrogens is 370 g/mol. The first-order valence-electron chi connectivity index (χ1n) is 10.5. The number of unbranched alkanes of at least 4 members (excludes halogenated alkanes) is 10. The third-order valence-electron chi connectivity index (χ3n) is 4.69. The van der Waals surface area contributed by atoms with Crippen LogP contribution in [0.5, 0.6) is 0 Å². The van der Waals surface area contributed by atoms with Gasteiger partial charge in [-0.2, -0.15) is 0 Å². The van der Waals surface area contributed by atoms with Crippen molar-refractivity contribution in [2.24, 2.45) is 5.73 Å². The Bertz CT molecular complexity index is 602. The Balaban J connectivity index is 2.04. The SMILES string of the molecule is CCCCCCCCCCCCCC(=O)NC(=S)Nc1ccc(C(N)=O)cc1. The van der Waals surface area contributed by atoms with Crippen LogP contribution in [0.25, 0.3) is 0 Å². The number of hydrogen-bond acceptors (Lipinski definition) is 3. The Hall–Kier alpha value is -1.95. The molecule has 4 N–H and O–H groups in total. The third-order valence-corrected chi connectivity index (χ3v) is 4.89. The van der Waals surface area contributed by atoms with Crippen LogP contribution in [-0.4, -0.2) is 16.9 Å². The summed E-state index contributed by atoms with van der Waals surface area (Å²) in [6.45, 7) is 2.25. The molecule has 0 saturated heterocycles. The summed E-state index contributed by atoms with van der Waals surface area (Å²) in [5.74, 6) is -0.545. The van der Waals surface area contributed by atoms with Gasteiger partial charge in [-0.05, 0) is 42.9 Å². The Kier molecular flexibility index (Phi) is 12.9. The second-order valence-electron chi connectivity index (χ2n) is 7.23. The molecule has 1 aromatic carbocycles. The lowest BCUT2D eigenvalue weighted by atomic mass is 10.1. The van der Waals surface area contributed by atoms with Gasteiger partial charge in [0, 0.05) is 17.7 Å². The summed E-state index contributed by atoms with van der Waals surface area (Å²) >= 11 is 5.15. The highest BCUT2D eigenvalue weighted by molar-refractivity contribution is 7.80. The second kappa shape index (κ2) is 15.0. The first-order chi connectivity index (χ1) is 13.5. The summed E-state index contributed by atoms with van der Waals surface area (Å²) in [7, 11) is 0. The summed E-state index contributed by atoms with van der Waals surface area (Å²) in [6.07, 6.45) is 14.3. The van der Waals surface area contributed by atoms with E-state index in [1.807, 2.05) is 0 Å². The second-order valence-corrected chi connectivity index (χ2v) is 7.64. The molecule has 0 aliphatic heterocycles. The Morgan fingerprint density at radius 1 is 0.857 bits per heavy atom. The van der Waals surface area contributed by atoms with E-state index in [1.165, 1.54) is 57.8 Å². The molecule has 0 aromatic heterocycles. The molecule has 0 unspecified atom stereocenters. The van der Waals surface area contributed by atoms with E-state index in [4.69, 9.17) is 18.0 Å². The van der Waals surface area contributed by atoms with Crippen LogP contribution in [0.4, 0.5) is 5.69 Å². The molecule has 1 aromatic rings. The normalized spacial score (nSPS) is 10.5. The number of rotatable bonds is 14. The first-order valence-corrected chi connectivity index (χ1v) is 10.9. The van der Waals surface area contributed by atoms with Crippen molar-refractivity contribution in [3.63, 3.8) is 0 Å². The molecule has 0 spiro atoms. The van der Waals surface area contributed by atoms with E-state index in [0.29, 0.717) is 17.7 Å². The van der Waals surface area contributed by atoms with E-state index < -0.39 is 5.91 Å². The zero-order chi connectivity index (χ0) is 20.6. The monoisotopic (exact) mass is 405 g/mol. The van der Waals surface area contributed by atoms with Crippen molar-refractivity contribution in [2.75, 3.05) is 5.32 Å². The summed E-state index contributed by atoms with van der Waals surface area (Å²) in [5, 5.41) is 5.88. The molecule has 1 rings (SSSR count). The number of nitrogens with two attached hydrogens (primary N) is 1. The summed E-state index contributed by atoms with van der Waals surface area (Å²) in [5.41, 5.74) is 6.33. The third kappa shape index (κ3) is 11.7. The average molecular weight is 406 g/mol. The number of nitrogens with one attached hydrogen (secondary N) is 2. The van der Waals surface area contributed by atoms with Gasteiger partial charge in [0.25, 0.3) is 0 Å². The largest absolute Gasteiger partial charge is 0.366 e. The fourth-order valence-electron chi connectivity index (χ4n) is 3.02. The number of thiocarbonyl (C=S) groups is 1. The Morgan fingerprint density at radius 2 is 1.36 bits per heavy atom. The number of carbonyl (C=O) groups is 2. The highest BCUT2D eigenvalue weighted by atomic mass is 32.1. The van der Waals surface area contributed by atoms with Crippen molar-refractivity contribution in [1.82, 2.24) is 5.32 Å². The minimum atomic E-state index is -0.477. The zero-order valence-corrected chi connectivity index (χ0v) is 17.9. The van der Waals surface area contributed by atoms with Crippen molar-refractivity contribution >= 4 is 34.8 Å². The number of carbonyl (C=O) groups excluding carboxylic acids is 2. The molecule has 28 heavy (non-hydrogen) atoms. The molecular formula is C22H35N3O2S. The average Bonchev–Trinajstić information content (AvgIpc) is 2.66. The van der Waals surface area contributed by atoms with Gasteiger partial charge >= 0.3 is 0 Å². The standard InChI is InChI=1S/C22H35N3O2S/c1-2-3-4-5-6-7-8-9-10-11-12-13-20(26)25-22(28)24-19-16-14-18(15-17-19)21(23)27/h14-17H,2-13H2,1H3,(H2,23,27)(H2,24,25,26,28). The number of amides is 2. The van der Waals surface area contributed by atoms with Crippen LogP contribution < -0.4 is 16.4 Å². The number of hydrogen-bond donors (Lipinski definition) is 3. The molecule has 0 aliphatic rings. The lowest BCUT2D eigenvalue weighted by Crippen LogP contribution is -2.33. The molecule has 0 aliphatic carbocycles. The highest BCUT2D eigenvalue weighted by Crippen LogP contribution is 2.12. The topological polar surface area (TPSA) is 84.2 Å². The van der Waals surface area contributed by atoms with Crippen LogP contribution in [0.2, 0.25) is 0 Å². The van der Waals surface area contributed by atoms with Gasteiger partial charge < -0.3 is 16.4 Å². The van der Waals surface area contributed by atoms with Gasteiger partial charge in [-0.25, -0.2) is 0 Å². The van der Waals surface area contributed by atoms with Crippen LogP contribution in [0.1, 0.15) is 94.3 Å². The van der Waals surface area contributed by atoms with Crippen molar-refractivity contribution in [3.8, 4) is 0 Å². The zero-order valence-electron chi connectivity index (χ0n) is 17.1. The molecule has 2 amide bonds. The molecule has 5 nitrogen and oxygen atoms in total. The lowest BCUT2D eigenvalue weighted by Gasteiger charge is -2.10. The van der Waals surface area contributed by atoms with Crippen LogP contribution in [0.15, 0.2) is 24.3 Å². The van der Waals surface area contributed by atoms with Gasteiger partial charge in [-0.15, -0.1) is 0 Å². The number of benzene rings is 1. The highest BCUT2D eigenvalue weighted by Gasteiger charge is 2.06. The molecule has 0 radical (unpaired) electrons. The quantitative estimate of drug-likeness (QED) is 0.290. The van der Waals surface area contributed by atoms with E-state index in [0.717, 1.165) is 12.8 Å². The Morgan fingerprint density at radius 3 is 1.86 bits per heavy atom. The van der Waals surface area contributed by atoms with E-state index in [9.17, 15) is 9.59 Å². The molecule has 0 saturated carbocycles. The van der Waals surface area contributed by atoms with Crippen molar-refractivity contribution in [3.05, 3.63) is 29.8 Å². The molecule has 0 fully saturated rings.